The molecule has 4 heteroatoms. The van der Waals surface area contributed by atoms with Gasteiger partial charge in [0.15, 0.2) is 0 Å². The van der Waals surface area contributed by atoms with E-state index < -0.39 is 0 Å². The average molecular weight is 256 g/mol. The Labute approximate surface area is 109 Å². The summed E-state index contributed by atoms with van der Waals surface area (Å²) in [5, 5.41) is 10.6. The zero-order valence-electron chi connectivity index (χ0n) is 9.63. The van der Waals surface area contributed by atoms with Crippen molar-refractivity contribution >= 4 is 21.4 Å². The van der Waals surface area contributed by atoms with Crippen LogP contribution in [0.2, 0.25) is 0 Å². The van der Waals surface area contributed by atoms with E-state index in [9.17, 15) is 5.11 Å². The number of rotatable bonds is 2. The molecule has 0 amide bonds. The zero-order chi connectivity index (χ0) is 12.5. The van der Waals surface area contributed by atoms with E-state index in [0.29, 0.717) is 12.3 Å². The summed E-state index contributed by atoms with van der Waals surface area (Å²) in [7, 11) is 0. The van der Waals surface area contributed by atoms with E-state index in [4.69, 9.17) is 5.73 Å². The Kier molecular flexibility index (Phi) is 2.74. The smallest absolute Gasteiger partial charge is 0.117 e. The van der Waals surface area contributed by atoms with Crippen LogP contribution in [0.1, 0.15) is 5.56 Å². The Morgan fingerprint density at radius 2 is 2.06 bits per heavy atom. The van der Waals surface area contributed by atoms with Crippen LogP contribution in [0.25, 0.3) is 20.7 Å². The van der Waals surface area contributed by atoms with E-state index in [-0.39, 0.29) is 0 Å². The molecular formula is C14H12N2OS. The van der Waals surface area contributed by atoms with Crippen LogP contribution in [0, 0.1) is 0 Å². The van der Waals surface area contributed by atoms with Gasteiger partial charge in [0, 0.05) is 17.4 Å². The number of pyridine rings is 1. The van der Waals surface area contributed by atoms with Crippen molar-refractivity contribution in [3.05, 3.63) is 48.2 Å². The van der Waals surface area contributed by atoms with Gasteiger partial charge in [-0.25, -0.2) is 0 Å². The van der Waals surface area contributed by atoms with Gasteiger partial charge >= 0.3 is 0 Å². The van der Waals surface area contributed by atoms with Crippen LogP contribution >= 0.6 is 11.3 Å². The van der Waals surface area contributed by atoms with Crippen LogP contribution < -0.4 is 5.73 Å². The van der Waals surface area contributed by atoms with Crippen molar-refractivity contribution in [1.29, 1.82) is 0 Å². The molecule has 0 unspecified atom stereocenters. The highest BCUT2D eigenvalue weighted by Gasteiger charge is 2.06. The number of nitrogens with two attached hydrogens (primary N) is 1. The number of thiophene rings is 1. The second-order valence-corrected chi connectivity index (χ2v) is 5.17. The molecule has 0 fully saturated rings. The van der Waals surface area contributed by atoms with Gasteiger partial charge in [-0.1, -0.05) is 6.07 Å². The highest BCUT2D eigenvalue weighted by molar-refractivity contribution is 7.22. The van der Waals surface area contributed by atoms with Crippen LogP contribution in [0.3, 0.4) is 0 Å². The molecule has 18 heavy (non-hydrogen) atoms. The maximum absolute atomic E-state index is 9.46. The second-order valence-electron chi connectivity index (χ2n) is 4.09. The standard InChI is InChI=1S/C14H12N2OS/c15-7-9-1-4-12(16-8-9)14-5-10-2-3-11(17)6-13(10)18-14/h1-6,8,17H,7,15H2. The monoisotopic (exact) mass is 256 g/mol. The predicted molar refractivity (Wildman–Crippen MR) is 74.6 cm³/mol. The molecule has 2 aromatic heterocycles. The Morgan fingerprint density at radius 3 is 2.78 bits per heavy atom. The fourth-order valence-electron chi connectivity index (χ4n) is 1.84. The van der Waals surface area contributed by atoms with Gasteiger partial charge < -0.3 is 10.8 Å². The minimum atomic E-state index is 0.294. The van der Waals surface area contributed by atoms with Crippen LogP contribution in [0.5, 0.6) is 5.75 Å². The molecule has 0 saturated carbocycles. The fraction of sp³-hybridized carbons (Fsp3) is 0.0714. The van der Waals surface area contributed by atoms with Crippen molar-refractivity contribution in [1.82, 2.24) is 4.98 Å². The van der Waals surface area contributed by atoms with Crippen molar-refractivity contribution in [2.45, 2.75) is 6.54 Å². The zero-order valence-corrected chi connectivity index (χ0v) is 10.4. The Hall–Kier alpha value is -1.91. The minimum absolute atomic E-state index is 0.294. The number of hydrogen-bond acceptors (Lipinski definition) is 4. The SMILES string of the molecule is NCc1ccc(-c2cc3ccc(O)cc3s2)nc1. The van der Waals surface area contributed by atoms with Gasteiger partial charge in [-0.15, -0.1) is 11.3 Å². The van der Waals surface area contributed by atoms with E-state index in [1.54, 1.807) is 29.7 Å². The molecule has 0 bridgehead atoms. The van der Waals surface area contributed by atoms with Gasteiger partial charge in [0.05, 0.1) is 10.6 Å². The molecule has 0 saturated heterocycles. The third kappa shape index (κ3) is 1.96. The Bertz CT molecular complexity index is 689. The number of aromatic nitrogens is 1. The first kappa shape index (κ1) is 11.2. The average Bonchev–Trinajstić information content (AvgIpc) is 2.81. The molecule has 3 N–H and O–H groups in total. The predicted octanol–water partition coefficient (Wildman–Crippen LogP) is 3.13. The van der Waals surface area contributed by atoms with Crippen LogP contribution in [-0.2, 0) is 6.54 Å². The quantitative estimate of drug-likeness (QED) is 0.740. The van der Waals surface area contributed by atoms with Crippen molar-refractivity contribution in [3.8, 4) is 16.3 Å². The molecule has 0 aliphatic heterocycles. The van der Waals surface area contributed by atoms with E-state index in [0.717, 1.165) is 26.2 Å². The molecule has 0 aliphatic carbocycles. The lowest BCUT2D eigenvalue weighted by atomic mass is 10.2. The number of fused-ring (bicyclic) bond motifs is 1. The third-order valence-corrected chi connectivity index (χ3v) is 3.94. The summed E-state index contributed by atoms with van der Waals surface area (Å²) >= 11 is 1.62. The largest absolute Gasteiger partial charge is 0.508 e. The number of phenols is 1. The van der Waals surface area contributed by atoms with E-state index >= 15 is 0 Å². The molecule has 0 aliphatic rings. The summed E-state index contributed by atoms with van der Waals surface area (Å²) in [5.74, 6) is 0.294. The molecule has 2 heterocycles. The fourth-order valence-corrected chi connectivity index (χ4v) is 2.91. The molecule has 0 radical (unpaired) electrons. The summed E-state index contributed by atoms with van der Waals surface area (Å²) in [6.45, 7) is 0.508. The summed E-state index contributed by atoms with van der Waals surface area (Å²) in [6, 6.07) is 11.4. The Morgan fingerprint density at radius 1 is 1.17 bits per heavy atom. The molecule has 90 valence electrons. The molecule has 0 atom stereocenters. The second kappa shape index (κ2) is 4.40. The third-order valence-electron chi connectivity index (χ3n) is 2.82. The first-order valence-electron chi connectivity index (χ1n) is 5.64. The maximum atomic E-state index is 9.46. The first-order chi connectivity index (χ1) is 8.76. The highest BCUT2D eigenvalue weighted by Crippen LogP contribution is 2.34. The lowest BCUT2D eigenvalue weighted by molar-refractivity contribution is 0.476. The van der Waals surface area contributed by atoms with E-state index in [2.05, 4.69) is 11.1 Å². The van der Waals surface area contributed by atoms with Gasteiger partial charge in [0.1, 0.15) is 5.75 Å². The van der Waals surface area contributed by atoms with E-state index in [1.807, 2.05) is 18.2 Å². The summed E-state index contributed by atoms with van der Waals surface area (Å²) in [4.78, 5) is 5.50. The first-order valence-corrected chi connectivity index (χ1v) is 6.46. The van der Waals surface area contributed by atoms with Gasteiger partial charge in [0.25, 0.3) is 0 Å². The Balaban J connectivity index is 2.07. The molecular weight excluding hydrogens is 244 g/mol. The summed E-state index contributed by atoms with van der Waals surface area (Å²) in [5.41, 5.74) is 7.51. The topological polar surface area (TPSA) is 59.1 Å². The lowest BCUT2D eigenvalue weighted by Gasteiger charge is -1.98. The van der Waals surface area contributed by atoms with Crippen molar-refractivity contribution in [3.63, 3.8) is 0 Å². The van der Waals surface area contributed by atoms with Gasteiger partial charge in [-0.05, 0) is 41.3 Å². The summed E-state index contributed by atoms with van der Waals surface area (Å²) < 4.78 is 1.06. The molecule has 0 spiro atoms. The minimum Gasteiger partial charge on any atom is -0.508 e. The molecule has 3 aromatic rings. The number of aromatic hydroxyl groups is 1. The highest BCUT2D eigenvalue weighted by atomic mass is 32.1. The van der Waals surface area contributed by atoms with Crippen molar-refractivity contribution < 1.29 is 5.11 Å². The number of benzene rings is 1. The van der Waals surface area contributed by atoms with Crippen LogP contribution in [-0.4, -0.2) is 10.1 Å². The molecule has 1 aromatic carbocycles. The lowest BCUT2D eigenvalue weighted by Crippen LogP contribution is -1.96. The summed E-state index contributed by atoms with van der Waals surface area (Å²) in [6.07, 6.45) is 1.80. The number of hydrogen-bond donors (Lipinski definition) is 2. The van der Waals surface area contributed by atoms with Crippen molar-refractivity contribution in [2.24, 2.45) is 5.73 Å². The number of phenolic OH excluding ortho intramolecular Hbond substituents is 1. The van der Waals surface area contributed by atoms with Crippen LogP contribution in [0.4, 0.5) is 0 Å². The normalized spacial score (nSPS) is 10.9. The van der Waals surface area contributed by atoms with Crippen molar-refractivity contribution in [2.75, 3.05) is 0 Å². The maximum Gasteiger partial charge on any atom is 0.117 e. The van der Waals surface area contributed by atoms with Gasteiger partial charge in [-0.3, -0.25) is 4.98 Å². The number of nitrogens with zero attached hydrogens (tertiary/aromatic N) is 1. The molecule has 3 nitrogen and oxygen atoms in total. The van der Waals surface area contributed by atoms with Gasteiger partial charge in [0.2, 0.25) is 0 Å². The van der Waals surface area contributed by atoms with E-state index in [1.165, 1.54) is 0 Å². The van der Waals surface area contributed by atoms with Crippen LogP contribution in [0.15, 0.2) is 42.6 Å². The van der Waals surface area contributed by atoms with Gasteiger partial charge in [-0.2, -0.15) is 0 Å². The molecule has 3 rings (SSSR count).